The Bertz CT molecular complexity index is 1980. The number of hydrogen-bond donors (Lipinski definition) is 4. The van der Waals surface area contributed by atoms with E-state index >= 15 is 0 Å². The number of amides is 4. The number of nitrogens with zero attached hydrogens (tertiary/aromatic N) is 3. The van der Waals surface area contributed by atoms with Gasteiger partial charge in [0.1, 0.15) is 47.0 Å². The van der Waals surface area contributed by atoms with Gasteiger partial charge in [0.15, 0.2) is 5.13 Å². The first-order chi connectivity index (χ1) is 26.0. The number of nitrogens with one attached hydrogen (secondary N) is 3. The molecule has 3 aromatic rings. The number of benzene rings is 1. The lowest BCUT2D eigenvalue weighted by Crippen LogP contribution is -2.56. The molecule has 3 unspecified atom stereocenters. The number of alkyl carbamates (subject to hydrolysis) is 1. The summed E-state index contributed by atoms with van der Waals surface area (Å²) >= 11 is 1.25. The summed E-state index contributed by atoms with van der Waals surface area (Å²) in [4.78, 5) is 76.4. The van der Waals surface area contributed by atoms with Crippen LogP contribution in [0, 0.1) is 5.92 Å². The summed E-state index contributed by atoms with van der Waals surface area (Å²) in [7, 11) is 1.55. The van der Waals surface area contributed by atoms with Crippen LogP contribution in [0.5, 0.6) is 11.5 Å². The van der Waals surface area contributed by atoms with Gasteiger partial charge in [-0.15, -0.1) is 11.3 Å². The number of pyridine rings is 1. The van der Waals surface area contributed by atoms with Crippen molar-refractivity contribution in [2.45, 2.75) is 101 Å². The second kappa shape index (κ2) is 15.6. The molecule has 1 saturated heterocycles. The van der Waals surface area contributed by atoms with Crippen LogP contribution in [0.1, 0.15) is 71.1 Å². The molecule has 16 heteroatoms. The van der Waals surface area contributed by atoms with Crippen LogP contribution in [-0.2, 0) is 23.9 Å². The number of ether oxygens (including phenoxy) is 3. The van der Waals surface area contributed by atoms with Gasteiger partial charge >= 0.3 is 12.1 Å². The minimum absolute atomic E-state index is 0.00510. The van der Waals surface area contributed by atoms with Crippen molar-refractivity contribution in [3.05, 3.63) is 41.8 Å². The van der Waals surface area contributed by atoms with Crippen LogP contribution in [0.3, 0.4) is 0 Å². The van der Waals surface area contributed by atoms with Crippen molar-refractivity contribution in [3.8, 4) is 22.9 Å². The molecule has 2 aliphatic carbocycles. The van der Waals surface area contributed by atoms with E-state index in [1.54, 1.807) is 36.8 Å². The summed E-state index contributed by atoms with van der Waals surface area (Å²) < 4.78 is 17.6. The number of carboxylic acid groups (broad SMARTS) is 1. The maximum Gasteiger partial charge on any atom is 0.408 e. The monoisotopic (exact) mass is 760 g/mol. The molecule has 2 saturated carbocycles. The SMILES string of the molecule is COc1ccc2c(O[C@@H]3C[C@H]4C(=O)NC5(C(=O)O)CC5/C=C\CCCCCC(NC(=O)OC5CCC5)C(=O)N4C3)cc(-c3csc(NC(C)=O)n3)nc2c1. The number of hydrogen-bond acceptors (Lipinski definition) is 11. The molecule has 0 bridgehead atoms. The Morgan fingerprint density at radius 1 is 1.04 bits per heavy atom. The Morgan fingerprint density at radius 2 is 1.87 bits per heavy atom. The molecule has 286 valence electrons. The second-order valence-corrected chi connectivity index (χ2v) is 15.2. The number of methoxy groups -OCH3 is 1. The van der Waals surface area contributed by atoms with Crippen molar-refractivity contribution in [1.82, 2.24) is 25.5 Å². The third-order valence-electron chi connectivity index (χ3n) is 10.6. The van der Waals surface area contributed by atoms with E-state index in [9.17, 15) is 29.1 Å². The van der Waals surface area contributed by atoms with Crippen molar-refractivity contribution >= 4 is 57.2 Å². The zero-order valence-electron chi connectivity index (χ0n) is 30.2. The van der Waals surface area contributed by atoms with Crippen molar-refractivity contribution in [2.75, 3.05) is 19.0 Å². The van der Waals surface area contributed by atoms with Gasteiger partial charge < -0.3 is 40.2 Å². The number of thiazole rings is 1. The highest BCUT2D eigenvalue weighted by atomic mass is 32.1. The van der Waals surface area contributed by atoms with Crippen LogP contribution < -0.4 is 25.4 Å². The molecule has 0 radical (unpaired) electrons. The average molecular weight is 761 g/mol. The van der Waals surface area contributed by atoms with Gasteiger partial charge in [0.25, 0.3) is 0 Å². The first kappa shape index (κ1) is 37.1. The lowest BCUT2D eigenvalue weighted by Gasteiger charge is -2.30. The van der Waals surface area contributed by atoms with Crippen LogP contribution in [0.15, 0.2) is 41.8 Å². The Balaban J connectivity index is 1.20. The van der Waals surface area contributed by atoms with Crippen molar-refractivity contribution in [3.63, 3.8) is 0 Å². The third-order valence-corrected chi connectivity index (χ3v) is 11.3. The molecule has 2 aromatic heterocycles. The molecule has 1 aromatic carbocycles. The number of carbonyl (C=O) groups is 5. The van der Waals surface area contributed by atoms with Crippen LogP contribution >= 0.6 is 11.3 Å². The van der Waals surface area contributed by atoms with Crippen LogP contribution in [-0.4, -0.2) is 93.2 Å². The number of carbonyl (C=O) groups excluding carboxylic acids is 4. The van der Waals surface area contributed by atoms with Gasteiger partial charge in [0.05, 0.1) is 24.9 Å². The molecule has 0 spiro atoms. The van der Waals surface area contributed by atoms with Crippen molar-refractivity contribution < 1.29 is 43.3 Å². The summed E-state index contributed by atoms with van der Waals surface area (Å²) in [5.41, 5.74) is 0.0420. The molecular formula is C38H44N6O9S. The van der Waals surface area contributed by atoms with Crippen molar-refractivity contribution in [2.24, 2.45) is 5.92 Å². The number of carboxylic acids is 1. The van der Waals surface area contributed by atoms with Gasteiger partial charge in [0, 0.05) is 42.2 Å². The van der Waals surface area contributed by atoms with E-state index in [4.69, 9.17) is 19.2 Å². The highest BCUT2D eigenvalue weighted by Crippen LogP contribution is 2.45. The normalized spacial score (nSPS) is 26.5. The number of anilines is 1. The molecule has 3 fully saturated rings. The molecule has 15 nitrogen and oxygen atoms in total. The Hall–Kier alpha value is -5.25. The number of aliphatic carboxylic acids is 1. The van der Waals surface area contributed by atoms with Crippen LogP contribution in [0.4, 0.5) is 9.93 Å². The zero-order chi connectivity index (χ0) is 38.0. The van der Waals surface area contributed by atoms with Gasteiger partial charge in [-0.3, -0.25) is 14.4 Å². The van der Waals surface area contributed by atoms with Gasteiger partial charge in [-0.05, 0) is 57.1 Å². The van der Waals surface area contributed by atoms with Crippen molar-refractivity contribution in [1.29, 1.82) is 0 Å². The van der Waals surface area contributed by atoms with Gasteiger partial charge in [-0.25, -0.2) is 19.6 Å². The van der Waals surface area contributed by atoms with Gasteiger partial charge in [-0.2, -0.15) is 0 Å². The third kappa shape index (κ3) is 7.98. The minimum atomic E-state index is -1.47. The summed E-state index contributed by atoms with van der Waals surface area (Å²) in [6, 6.07) is 5.02. The summed E-state index contributed by atoms with van der Waals surface area (Å²) in [6.45, 7) is 1.39. The maximum atomic E-state index is 14.4. The molecule has 7 rings (SSSR count). The molecule has 4 heterocycles. The minimum Gasteiger partial charge on any atom is -0.497 e. The Kier molecular flexibility index (Phi) is 10.7. The highest BCUT2D eigenvalue weighted by Gasteiger charge is 2.61. The lowest BCUT2D eigenvalue weighted by atomic mass is 9.96. The standard InChI is InChI=1S/C38H44N6O9S/c1-21(45)39-36-41-30(20-54-36)29-17-32(26-14-13-24(51-2)15-28(26)40-29)52-25-16-31-33(46)43-38(35(48)49)18-22(38)9-6-4-3-5-7-12-27(34(47)44(31)19-25)42-37(50)53-23-10-8-11-23/h6,9,13-15,17,20,22-23,25,27,31H,3-5,7-8,10-12,16,18-19H2,1-2H3,(H,42,50)(H,43,46)(H,48,49)(H,39,41,45)/b9-6-/t22?,25-,27?,31+,38?/m1/s1. The molecule has 2 aliphatic heterocycles. The maximum absolute atomic E-state index is 14.4. The molecule has 4 amide bonds. The van der Waals surface area contributed by atoms with Gasteiger partial charge in [0.2, 0.25) is 17.7 Å². The van der Waals surface area contributed by atoms with E-state index < -0.39 is 47.6 Å². The predicted molar refractivity (Wildman–Crippen MR) is 198 cm³/mol. The summed E-state index contributed by atoms with van der Waals surface area (Å²) in [5.74, 6) is -1.83. The lowest BCUT2D eigenvalue weighted by molar-refractivity contribution is -0.145. The fourth-order valence-electron chi connectivity index (χ4n) is 7.27. The number of fused-ring (bicyclic) bond motifs is 3. The highest BCUT2D eigenvalue weighted by molar-refractivity contribution is 7.14. The van der Waals surface area contributed by atoms with E-state index in [1.165, 1.54) is 23.2 Å². The second-order valence-electron chi connectivity index (χ2n) is 14.4. The van der Waals surface area contributed by atoms with Crippen LogP contribution in [0.2, 0.25) is 0 Å². The fourth-order valence-corrected chi connectivity index (χ4v) is 8.02. The predicted octanol–water partition coefficient (Wildman–Crippen LogP) is 4.80. The first-order valence-electron chi connectivity index (χ1n) is 18.4. The molecule has 5 atom stereocenters. The van der Waals surface area contributed by atoms with E-state index in [1.807, 2.05) is 12.2 Å². The molecule has 4 aliphatic rings. The molecular weight excluding hydrogens is 717 g/mol. The smallest absolute Gasteiger partial charge is 0.408 e. The fraction of sp³-hybridized carbons (Fsp3) is 0.500. The number of allylic oxidation sites excluding steroid dienone is 1. The van der Waals surface area contributed by atoms with E-state index in [2.05, 4.69) is 20.9 Å². The molecule has 4 N–H and O–H groups in total. The van der Waals surface area contributed by atoms with Crippen LogP contribution in [0.25, 0.3) is 22.3 Å². The quantitative estimate of drug-likeness (QED) is 0.230. The van der Waals surface area contributed by atoms with E-state index in [0.717, 1.165) is 38.5 Å². The Morgan fingerprint density at radius 3 is 2.61 bits per heavy atom. The first-order valence-corrected chi connectivity index (χ1v) is 19.3. The largest absolute Gasteiger partial charge is 0.497 e. The van der Waals surface area contributed by atoms with E-state index in [0.29, 0.717) is 51.8 Å². The number of rotatable bonds is 8. The average Bonchev–Trinajstić information content (AvgIpc) is 3.40. The Labute approximate surface area is 315 Å². The number of aromatic nitrogens is 2. The topological polar surface area (TPSA) is 198 Å². The van der Waals surface area contributed by atoms with E-state index in [-0.39, 0.29) is 37.3 Å². The zero-order valence-corrected chi connectivity index (χ0v) is 31.0. The van der Waals surface area contributed by atoms with Gasteiger partial charge in [-0.1, -0.05) is 25.0 Å². The summed E-state index contributed by atoms with van der Waals surface area (Å²) in [5, 5.41) is 21.3. The summed E-state index contributed by atoms with van der Waals surface area (Å²) in [6.07, 6.45) is 8.44. The molecule has 54 heavy (non-hydrogen) atoms.